The first kappa shape index (κ1) is 17.7. The van der Waals surface area contributed by atoms with E-state index in [9.17, 15) is 9.59 Å². The van der Waals surface area contributed by atoms with Crippen LogP contribution in [0, 0.1) is 11.8 Å². The number of amides is 2. The Labute approximate surface area is 126 Å². The number of nitrogens with one attached hydrogen (secondary N) is 1. The molecular formula is C14H27N3O4. The quantitative estimate of drug-likeness (QED) is 0.707. The molecule has 0 aromatic rings. The van der Waals surface area contributed by atoms with Crippen LogP contribution in [0.25, 0.3) is 0 Å². The van der Waals surface area contributed by atoms with Crippen molar-refractivity contribution in [1.29, 1.82) is 0 Å². The van der Waals surface area contributed by atoms with Gasteiger partial charge in [-0.25, -0.2) is 4.79 Å². The Balaban J connectivity index is 2.60. The van der Waals surface area contributed by atoms with Crippen LogP contribution in [0.15, 0.2) is 0 Å². The van der Waals surface area contributed by atoms with Gasteiger partial charge in [-0.1, -0.05) is 13.8 Å². The number of likely N-dealkylation sites (N-methyl/N-ethyl adjacent to an activating group) is 1. The maximum absolute atomic E-state index is 12.4. The number of aliphatic carboxylic acids is 1. The van der Waals surface area contributed by atoms with Crippen molar-refractivity contribution in [3.8, 4) is 0 Å². The molecule has 0 aromatic heterocycles. The zero-order chi connectivity index (χ0) is 16.0. The van der Waals surface area contributed by atoms with Crippen molar-refractivity contribution in [2.24, 2.45) is 11.8 Å². The summed E-state index contributed by atoms with van der Waals surface area (Å²) in [5.74, 6) is -1.24. The van der Waals surface area contributed by atoms with Gasteiger partial charge in [-0.05, 0) is 20.0 Å². The molecule has 0 aromatic carbocycles. The van der Waals surface area contributed by atoms with Gasteiger partial charge in [-0.15, -0.1) is 0 Å². The van der Waals surface area contributed by atoms with Gasteiger partial charge >= 0.3 is 12.0 Å². The van der Waals surface area contributed by atoms with Gasteiger partial charge in [0.25, 0.3) is 0 Å². The molecule has 0 spiro atoms. The Morgan fingerprint density at radius 1 is 1.29 bits per heavy atom. The second-order valence-corrected chi connectivity index (χ2v) is 6.18. The summed E-state index contributed by atoms with van der Waals surface area (Å²) in [7, 11) is 3.91. The van der Waals surface area contributed by atoms with Crippen molar-refractivity contribution >= 4 is 12.0 Å². The van der Waals surface area contributed by atoms with Gasteiger partial charge < -0.3 is 25.0 Å². The second kappa shape index (κ2) is 8.19. The summed E-state index contributed by atoms with van der Waals surface area (Å²) in [5.41, 5.74) is 0. The number of ether oxygens (including phenoxy) is 1. The van der Waals surface area contributed by atoms with Gasteiger partial charge in [-0.2, -0.15) is 0 Å². The highest BCUT2D eigenvalue weighted by atomic mass is 16.5. The van der Waals surface area contributed by atoms with Crippen molar-refractivity contribution in [3.05, 3.63) is 0 Å². The zero-order valence-corrected chi connectivity index (χ0v) is 13.3. The Hall–Kier alpha value is -1.34. The third-order valence-corrected chi connectivity index (χ3v) is 3.40. The molecule has 21 heavy (non-hydrogen) atoms. The molecule has 7 nitrogen and oxygen atoms in total. The molecule has 2 atom stereocenters. The van der Waals surface area contributed by atoms with E-state index in [0.717, 1.165) is 6.54 Å². The van der Waals surface area contributed by atoms with Crippen LogP contribution in [0.1, 0.15) is 13.8 Å². The van der Waals surface area contributed by atoms with Gasteiger partial charge in [0.1, 0.15) is 5.92 Å². The number of carboxylic acid groups (broad SMARTS) is 1. The van der Waals surface area contributed by atoms with Crippen LogP contribution in [-0.2, 0) is 9.53 Å². The normalized spacial score (nSPS) is 21.8. The average molecular weight is 301 g/mol. The second-order valence-electron chi connectivity index (χ2n) is 6.18. The highest BCUT2D eigenvalue weighted by molar-refractivity contribution is 5.77. The number of nitrogens with zero attached hydrogens (tertiary/aromatic N) is 2. The Morgan fingerprint density at radius 3 is 2.48 bits per heavy atom. The maximum Gasteiger partial charge on any atom is 0.317 e. The smallest absolute Gasteiger partial charge is 0.317 e. The zero-order valence-electron chi connectivity index (χ0n) is 13.3. The van der Waals surface area contributed by atoms with Crippen LogP contribution in [-0.4, -0.2) is 79.9 Å². The largest absolute Gasteiger partial charge is 0.481 e. The van der Waals surface area contributed by atoms with Gasteiger partial charge in [0.2, 0.25) is 0 Å². The first-order chi connectivity index (χ1) is 9.81. The van der Waals surface area contributed by atoms with E-state index in [4.69, 9.17) is 9.84 Å². The van der Waals surface area contributed by atoms with E-state index in [1.165, 1.54) is 0 Å². The molecule has 122 valence electrons. The fourth-order valence-corrected chi connectivity index (χ4v) is 2.23. The molecule has 2 N–H and O–H groups in total. The van der Waals surface area contributed by atoms with Crippen molar-refractivity contribution in [2.75, 3.05) is 46.9 Å². The van der Waals surface area contributed by atoms with E-state index in [1.54, 1.807) is 4.90 Å². The lowest BCUT2D eigenvalue weighted by molar-refractivity contribution is -0.142. The fraction of sp³-hybridized carbons (Fsp3) is 0.857. The number of rotatable bonds is 7. The summed E-state index contributed by atoms with van der Waals surface area (Å²) in [6.07, 6.45) is 0. The van der Waals surface area contributed by atoms with Gasteiger partial charge in [-0.3, -0.25) is 4.79 Å². The van der Waals surface area contributed by atoms with Crippen LogP contribution in [0.3, 0.4) is 0 Å². The van der Waals surface area contributed by atoms with E-state index in [0.29, 0.717) is 19.0 Å². The van der Waals surface area contributed by atoms with Crippen molar-refractivity contribution in [2.45, 2.75) is 19.9 Å². The average Bonchev–Trinajstić information content (AvgIpc) is 2.81. The number of carbonyl (C=O) groups excluding carboxylic acids is 1. The molecule has 1 saturated heterocycles. The van der Waals surface area contributed by atoms with E-state index in [2.05, 4.69) is 19.2 Å². The standard InChI is InChI=1S/C14H27N3O4/c1-10(2)7-17(6-5-16(3)4)14(20)15-12-9-21-8-11(12)13(18)19/h10-12H,5-9H2,1-4H3,(H,15,20)(H,18,19). The fourth-order valence-electron chi connectivity index (χ4n) is 2.23. The molecule has 0 saturated carbocycles. The topological polar surface area (TPSA) is 82.1 Å². The molecule has 0 bridgehead atoms. The Morgan fingerprint density at radius 2 is 1.95 bits per heavy atom. The van der Waals surface area contributed by atoms with Gasteiger partial charge in [0.15, 0.2) is 0 Å². The maximum atomic E-state index is 12.4. The van der Waals surface area contributed by atoms with Crippen LogP contribution in [0.2, 0.25) is 0 Å². The first-order valence-electron chi connectivity index (χ1n) is 7.32. The third kappa shape index (κ3) is 5.89. The SMILES string of the molecule is CC(C)CN(CCN(C)C)C(=O)NC1COCC1C(=O)O. The molecule has 1 aliphatic heterocycles. The minimum Gasteiger partial charge on any atom is -0.481 e. The van der Waals surface area contributed by atoms with Gasteiger partial charge in [0, 0.05) is 19.6 Å². The highest BCUT2D eigenvalue weighted by Crippen LogP contribution is 2.14. The molecule has 2 amide bonds. The minimum atomic E-state index is -0.929. The van der Waals surface area contributed by atoms with E-state index >= 15 is 0 Å². The summed E-state index contributed by atoms with van der Waals surface area (Å²) >= 11 is 0. The van der Waals surface area contributed by atoms with Crippen molar-refractivity contribution in [1.82, 2.24) is 15.1 Å². The molecule has 1 heterocycles. The number of hydrogen-bond acceptors (Lipinski definition) is 4. The molecule has 0 radical (unpaired) electrons. The molecule has 0 aliphatic carbocycles. The lowest BCUT2D eigenvalue weighted by Crippen LogP contribution is -2.51. The van der Waals surface area contributed by atoms with Crippen molar-refractivity contribution < 1.29 is 19.4 Å². The minimum absolute atomic E-state index is 0.155. The Bertz CT molecular complexity index is 360. The van der Waals surface area contributed by atoms with Crippen LogP contribution in [0.4, 0.5) is 4.79 Å². The predicted octanol–water partition coefficient (Wildman–Crippen LogP) is 0.315. The molecule has 2 unspecified atom stereocenters. The van der Waals surface area contributed by atoms with Gasteiger partial charge in [0.05, 0.1) is 19.3 Å². The number of carbonyl (C=O) groups is 2. The number of hydrogen-bond donors (Lipinski definition) is 2. The van der Waals surface area contributed by atoms with Crippen LogP contribution in [0.5, 0.6) is 0 Å². The summed E-state index contributed by atoms with van der Waals surface area (Å²) < 4.78 is 5.17. The number of carboxylic acids is 1. The Kier molecular flexibility index (Phi) is 6.91. The molecule has 7 heteroatoms. The van der Waals surface area contributed by atoms with Crippen LogP contribution < -0.4 is 5.32 Å². The highest BCUT2D eigenvalue weighted by Gasteiger charge is 2.35. The first-order valence-corrected chi connectivity index (χ1v) is 7.32. The summed E-state index contributed by atoms with van der Waals surface area (Å²) in [4.78, 5) is 27.2. The third-order valence-electron chi connectivity index (χ3n) is 3.40. The predicted molar refractivity (Wildman–Crippen MR) is 79.2 cm³/mol. The van der Waals surface area contributed by atoms with E-state index in [1.807, 2.05) is 19.0 Å². The lowest BCUT2D eigenvalue weighted by atomic mass is 10.0. The molecule has 1 fully saturated rings. The van der Waals surface area contributed by atoms with E-state index < -0.39 is 17.9 Å². The number of urea groups is 1. The molecular weight excluding hydrogens is 274 g/mol. The lowest BCUT2D eigenvalue weighted by Gasteiger charge is -2.28. The summed E-state index contributed by atoms with van der Waals surface area (Å²) in [6.45, 7) is 6.54. The van der Waals surface area contributed by atoms with E-state index in [-0.39, 0.29) is 19.2 Å². The van der Waals surface area contributed by atoms with Crippen molar-refractivity contribution in [3.63, 3.8) is 0 Å². The summed E-state index contributed by atoms with van der Waals surface area (Å²) in [6, 6.07) is -0.670. The monoisotopic (exact) mass is 301 g/mol. The van der Waals surface area contributed by atoms with Crippen LogP contribution >= 0.6 is 0 Å². The summed E-state index contributed by atoms with van der Waals surface area (Å²) in [5, 5.41) is 11.9. The molecule has 1 aliphatic rings. The molecule has 1 rings (SSSR count).